The summed E-state index contributed by atoms with van der Waals surface area (Å²) in [6.07, 6.45) is 0.448. The van der Waals surface area contributed by atoms with Crippen molar-refractivity contribution < 1.29 is 14.3 Å². The zero-order chi connectivity index (χ0) is 25.8. The highest BCUT2D eigenvalue weighted by molar-refractivity contribution is 7.99. The van der Waals surface area contributed by atoms with Crippen molar-refractivity contribution >= 4 is 23.6 Å². The molecule has 0 saturated heterocycles. The van der Waals surface area contributed by atoms with Gasteiger partial charge in [0.25, 0.3) is 0 Å². The summed E-state index contributed by atoms with van der Waals surface area (Å²) in [7, 11) is 1.62. The fraction of sp³-hybridized carbons (Fsp3) is 0.333. The van der Waals surface area contributed by atoms with E-state index in [0.717, 1.165) is 22.6 Å². The predicted octanol–water partition coefficient (Wildman–Crippen LogP) is 5.34. The van der Waals surface area contributed by atoms with Crippen LogP contribution >= 0.6 is 11.8 Å². The van der Waals surface area contributed by atoms with Gasteiger partial charge in [0.15, 0.2) is 0 Å². The van der Waals surface area contributed by atoms with E-state index in [-0.39, 0.29) is 11.8 Å². The third kappa shape index (κ3) is 8.76. The third-order valence-electron chi connectivity index (χ3n) is 5.78. The van der Waals surface area contributed by atoms with E-state index in [4.69, 9.17) is 4.74 Å². The molecule has 0 heterocycles. The lowest BCUT2D eigenvalue weighted by atomic mass is 10.0. The van der Waals surface area contributed by atoms with Crippen molar-refractivity contribution in [3.05, 3.63) is 102 Å². The van der Waals surface area contributed by atoms with Gasteiger partial charge in [-0.25, -0.2) is 0 Å². The van der Waals surface area contributed by atoms with E-state index >= 15 is 0 Å². The van der Waals surface area contributed by atoms with Crippen LogP contribution in [0.5, 0.6) is 5.75 Å². The van der Waals surface area contributed by atoms with E-state index in [1.54, 1.807) is 23.8 Å². The molecule has 0 fully saturated rings. The van der Waals surface area contributed by atoms with Crippen LogP contribution in [-0.4, -0.2) is 42.2 Å². The third-order valence-corrected chi connectivity index (χ3v) is 6.77. The molecular weight excluding hydrogens is 468 g/mol. The second-order valence-corrected chi connectivity index (χ2v) is 10.2. The molecule has 1 N–H and O–H groups in total. The number of rotatable bonds is 13. The number of thioether (sulfide) groups is 1. The zero-order valence-electron chi connectivity index (χ0n) is 21.4. The number of hydrogen-bond acceptors (Lipinski definition) is 4. The van der Waals surface area contributed by atoms with Gasteiger partial charge in [-0.3, -0.25) is 9.59 Å². The second kappa shape index (κ2) is 14.3. The van der Waals surface area contributed by atoms with Gasteiger partial charge in [-0.2, -0.15) is 0 Å². The normalized spacial score (nSPS) is 11.7. The van der Waals surface area contributed by atoms with Gasteiger partial charge in [-0.15, -0.1) is 11.8 Å². The molecule has 0 aliphatic rings. The molecule has 3 aromatic rings. The highest BCUT2D eigenvalue weighted by atomic mass is 32.2. The van der Waals surface area contributed by atoms with Crippen molar-refractivity contribution in [2.45, 2.75) is 38.6 Å². The average Bonchev–Trinajstić information content (AvgIpc) is 2.90. The highest BCUT2D eigenvalue weighted by Gasteiger charge is 2.30. The minimum Gasteiger partial charge on any atom is -0.497 e. The van der Waals surface area contributed by atoms with Crippen molar-refractivity contribution in [1.82, 2.24) is 10.2 Å². The Morgan fingerprint density at radius 1 is 0.889 bits per heavy atom. The van der Waals surface area contributed by atoms with Crippen LogP contribution in [0, 0.1) is 5.92 Å². The number of amides is 2. The molecule has 1 unspecified atom stereocenters. The van der Waals surface area contributed by atoms with E-state index in [2.05, 4.69) is 31.3 Å². The van der Waals surface area contributed by atoms with Crippen LogP contribution in [0.3, 0.4) is 0 Å². The number of ether oxygens (including phenoxy) is 1. The van der Waals surface area contributed by atoms with Crippen LogP contribution in [0.1, 0.15) is 30.5 Å². The summed E-state index contributed by atoms with van der Waals surface area (Å²) in [5.74, 6) is 1.89. The van der Waals surface area contributed by atoms with Gasteiger partial charge in [0.1, 0.15) is 11.8 Å². The molecule has 0 bridgehead atoms. The molecule has 0 spiro atoms. The molecule has 190 valence electrons. The first-order valence-corrected chi connectivity index (χ1v) is 13.5. The molecule has 1 atom stereocenters. The average molecular weight is 505 g/mol. The molecule has 5 nitrogen and oxygen atoms in total. The Morgan fingerprint density at radius 3 is 2.17 bits per heavy atom. The molecule has 0 aliphatic heterocycles. The van der Waals surface area contributed by atoms with Gasteiger partial charge in [0, 0.05) is 25.3 Å². The number of carbonyl (C=O) groups excluding carboxylic acids is 2. The first-order valence-electron chi connectivity index (χ1n) is 12.3. The second-order valence-electron chi connectivity index (χ2n) is 9.20. The maximum Gasteiger partial charge on any atom is 0.243 e. The highest BCUT2D eigenvalue weighted by Crippen LogP contribution is 2.20. The molecule has 3 aromatic carbocycles. The standard InChI is InChI=1S/C30H36N2O3S/c1-23(2)19-31-30(34)28(18-24-11-6-4-7-12-24)32(20-26-15-10-16-27(17-26)35-3)29(33)22-36-21-25-13-8-5-9-14-25/h4-17,23,28H,18-22H2,1-3H3,(H,31,34). The van der Waals surface area contributed by atoms with Crippen LogP contribution in [0.4, 0.5) is 0 Å². The smallest absolute Gasteiger partial charge is 0.243 e. The lowest BCUT2D eigenvalue weighted by Gasteiger charge is -2.32. The van der Waals surface area contributed by atoms with E-state index in [1.807, 2.05) is 72.8 Å². The summed E-state index contributed by atoms with van der Waals surface area (Å²) in [6, 6.07) is 27.0. The fourth-order valence-electron chi connectivity index (χ4n) is 3.86. The Bertz CT molecular complexity index is 1090. The van der Waals surface area contributed by atoms with Crippen LogP contribution in [0.25, 0.3) is 0 Å². The molecule has 0 saturated carbocycles. The first kappa shape index (κ1) is 27.3. The number of nitrogens with zero attached hydrogens (tertiary/aromatic N) is 1. The monoisotopic (exact) mass is 504 g/mol. The minimum atomic E-state index is -0.623. The molecule has 0 aliphatic carbocycles. The lowest BCUT2D eigenvalue weighted by molar-refractivity contribution is -0.139. The SMILES string of the molecule is COc1cccc(CN(C(=O)CSCc2ccccc2)C(Cc2ccccc2)C(=O)NCC(C)C)c1. The summed E-state index contributed by atoms with van der Waals surface area (Å²) in [6.45, 7) is 5.01. The van der Waals surface area contributed by atoms with Crippen LogP contribution < -0.4 is 10.1 Å². The van der Waals surface area contributed by atoms with Gasteiger partial charge >= 0.3 is 0 Å². The van der Waals surface area contributed by atoms with Gasteiger partial charge in [0.2, 0.25) is 11.8 Å². The Hall–Kier alpha value is -3.25. The number of carbonyl (C=O) groups is 2. The van der Waals surface area contributed by atoms with Crippen LogP contribution in [0.2, 0.25) is 0 Å². The van der Waals surface area contributed by atoms with Gasteiger partial charge in [-0.05, 0) is 34.7 Å². The fourth-order valence-corrected chi connectivity index (χ4v) is 4.73. The Kier molecular flexibility index (Phi) is 10.9. The quantitative estimate of drug-likeness (QED) is 0.341. The van der Waals surface area contributed by atoms with Crippen LogP contribution in [0.15, 0.2) is 84.9 Å². The maximum atomic E-state index is 13.7. The lowest BCUT2D eigenvalue weighted by Crippen LogP contribution is -2.51. The molecule has 6 heteroatoms. The van der Waals surface area contributed by atoms with Gasteiger partial charge < -0.3 is 15.0 Å². The van der Waals surface area contributed by atoms with Crippen molar-refractivity contribution in [2.75, 3.05) is 19.4 Å². The molecule has 0 radical (unpaired) electrons. The summed E-state index contributed by atoms with van der Waals surface area (Å²) >= 11 is 1.57. The largest absolute Gasteiger partial charge is 0.497 e. The summed E-state index contributed by atoms with van der Waals surface area (Å²) in [4.78, 5) is 28.9. The summed E-state index contributed by atoms with van der Waals surface area (Å²) in [5, 5.41) is 3.06. The van der Waals surface area contributed by atoms with E-state index in [9.17, 15) is 9.59 Å². The maximum absolute atomic E-state index is 13.7. The van der Waals surface area contributed by atoms with Crippen molar-refractivity contribution in [1.29, 1.82) is 0 Å². The summed E-state index contributed by atoms with van der Waals surface area (Å²) < 4.78 is 5.39. The Morgan fingerprint density at radius 2 is 1.53 bits per heavy atom. The first-order chi connectivity index (χ1) is 17.5. The molecular formula is C30H36N2O3S. The molecule has 0 aromatic heterocycles. The van der Waals surface area contributed by atoms with Crippen molar-refractivity contribution in [3.8, 4) is 5.75 Å². The Balaban J connectivity index is 1.86. The van der Waals surface area contributed by atoms with E-state index < -0.39 is 6.04 Å². The predicted molar refractivity (Wildman–Crippen MR) is 148 cm³/mol. The minimum absolute atomic E-state index is 0.0561. The zero-order valence-corrected chi connectivity index (χ0v) is 22.2. The molecule has 36 heavy (non-hydrogen) atoms. The number of nitrogens with one attached hydrogen (secondary N) is 1. The number of hydrogen-bond donors (Lipinski definition) is 1. The molecule has 3 rings (SSSR count). The van der Waals surface area contributed by atoms with Crippen LogP contribution in [-0.2, 0) is 28.3 Å². The molecule has 2 amide bonds. The van der Waals surface area contributed by atoms with Gasteiger partial charge in [-0.1, -0.05) is 86.6 Å². The van der Waals surface area contributed by atoms with Gasteiger partial charge in [0.05, 0.1) is 12.9 Å². The van der Waals surface area contributed by atoms with E-state index in [0.29, 0.717) is 31.2 Å². The van der Waals surface area contributed by atoms with E-state index in [1.165, 1.54) is 5.56 Å². The number of methoxy groups -OCH3 is 1. The topological polar surface area (TPSA) is 58.6 Å². The Labute approximate surface area is 219 Å². The number of benzene rings is 3. The summed E-state index contributed by atoms with van der Waals surface area (Å²) in [5.41, 5.74) is 3.11. The van der Waals surface area contributed by atoms with Crippen molar-refractivity contribution in [3.63, 3.8) is 0 Å². The van der Waals surface area contributed by atoms with Crippen molar-refractivity contribution in [2.24, 2.45) is 5.92 Å².